The SMILES string of the molecule is CC(C)C1Cc2ccccc2CN1C(=O)C(C)(C)C. The minimum atomic E-state index is -0.306. The number of carbonyl (C=O) groups is 1. The third-order valence-corrected chi connectivity index (χ3v) is 3.96. The van der Waals surface area contributed by atoms with Crippen LogP contribution in [0.2, 0.25) is 0 Å². The first-order valence-electron chi connectivity index (χ1n) is 7.18. The van der Waals surface area contributed by atoms with Crippen LogP contribution in [0.1, 0.15) is 45.7 Å². The molecule has 2 rings (SSSR count). The maximum atomic E-state index is 12.7. The highest BCUT2D eigenvalue weighted by molar-refractivity contribution is 5.82. The van der Waals surface area contributed by atoms with E-state index >= 15 is 0 Å². The topological polar surface area (TPSA) is 20.3 Å². The fraction of sp³-hybridized carbons (Fsp3) is 0.588. The summed E-state index contributed by atoms with van der Waals surface area (Å²) in [6.45, 7) is 11.2. The van der Waals surface area contributed by atoms with Gasteiger partial charge >= 0.3 is 0 Å². The van der Waals surface area contributed by atoms with Crippen LogP contribution in [-0.4, -0.2) is 16.8 Å². The molecule has 1 unspecified atom stereocenters. The molecule has 19 heavy (non-hydrogen) atoms. The van der Waals surface area contributed by atoms with E-state index < -0.39 is 0 Å². The third kappa shape index (κ3) is 2.83. The molecule has 2 heteroatoms. The Morgan fingerprint density at radius 3 is 2.32 bits per heavy atom. The van der Waals surface area contributed by atoms with Gasteiger partial charge in [0.25, 0.3) is 0 Å². The Kier molecular flexibility index (Phi) is 3.71. The molecule has 104 valence electrons. The lowest BCUT2D eigenvalue weighted by molar-refractivity contribution is -0.144. The molecule has 1 amide bonds. The van der Waals surface area contributed by atoms with Gasteiger partial charge in [-0.3, -0.25) is 4.79 Å². The van der Waals surface area contributed by atoms with Crippen molar-refractivity contribution in [3.05, 3.63) is 35.4 Å². The van der Waals surface area contributed by atoms with Crippen LogP contribution in [0.15, 0.2) is 24.3 Å². The average Bonchev–Trinajstić information content (AvgIpc) is 2.35. The molecule has 1 heterocycles. The number of hydrogen-bond acceptors (Lipinski definition) is 1. The molecular weight excluding hydrogens is 234 g/mol. The van der Waals surface area contributed by atoms with Crippen LogP contribution in [0.3, 0.4) is 0 Å². The third-order valence-electron chi connectivity index (χ3n) is 3.96. The van der Waals surface area contributed by atoms with Gasteiger partial charge in [0.05, 0.1) is 0 Å². The normalized spacial score (nSPS) is 19.5. The van der Waals surface area contributed by atoms with Gasteiger partial charge in [0.1, 0.15) is 0 Å². The molecule has 0 N–H and O–H groups in total. The highest BCUT2D eigenvalue weighted by Gasteiger charge is 2.36. The molecule has 1 aliphatic heterocycles. The molecular formula is C17H25NO. The van der Waals surface area contributed by atoms with Crippen LogP contribution in [0.25, 0.3) is 0 Å². The van der Waals surface area contributed by atoms with Gasteiger partial charge in [0, 0.05) is 18.0 Å². The van der Waals surface area contributed by atoms with Crippen molar-refractivity contribution < 1.29 is 4.79 Å². The molecule has 0 saturated carbocycles. The molecule has 0 spiro atoms. The number of carbonyl (C=O) groups excluding carboxylic acids is 1. The summed E-state index contributed by atoms with van der Waals surface area (Å²) in [5.74, 6) is 0.750. The van der Waals surface area contributed by atoms with Gasteiger partial charge in [-0.15, -0.1) is 0 Å². The van der Waals surface area contributed by atoms with E-state index in [1.807, 2.05) is 20.8 Å². The largest absolute Gasteiger partial charge is 0.334 e. The zero-order valence-electron chi connectivity index (χ0n) is 12.7. The molecule has 1 aromatic carbocycles. The van der Waals surface area contributed by atoms with Crippen LogP contribution in [0, 0.1) is 11.3 Å². The number of nitrogens with zero attached hydrogens (tertiary/aromatic N) is 1. The molecule has 0 radical (unpaired) electrons. The van der Waals surface area contributed by atoms with Crippen molar-refractivity contribution in [2.75, 3.05) is 0 Å². The van der Waals surface area contributed by atoms with E-state index in [0.29, 0.717) is 12.0 Å². The van der Waals surface area contributed by atoms with E-state index in [0.717, 1.165) is 13.0 Å². The molecule has 0 fully saturated rings. The first kappa shape index (κ1) is 14.1. The van der Waals surface area contributed by atoms with Gasteiger partial charge in [0.2, 0.25) is 5.91 Å². The Morgan fingerprint density at radius 2 is 1.79 bits per heavy atom. The Hall–Kier alpha value is -1.31. The molecule has 0 aromatic heterocycles. The van der Waals surface area contributed by atoms with Crippen molar-refractivity contribution in [2.45, 2.75) is 53.6 Å². The Bertz CT molecular complexity index is 470. The maximum Gasteiger partial charge on any atom is 0.228 e. The summed E-state index contributed by atoms with van der Waals surface area (Å²) in [6.07, 6.45) is 0.982. The summed E-state index contributed by atoms with van der Waals surface area (Å²) in [5, 5.41) is 0. The van der Waals surface area contributed by atoms with E-state index in [1.165, 1.54) is 11.1 Å². The lowest BCUT2D eigenvalue weighted by atomic mass is 9.85. The highest BCUT2D eigenvalue weighted by atomic mass is 16.2. The second-order valence-electron chi connectivity index (χ2n) is 6.97. The van der Waals surface area contributed by atoms with Crippen molar-refractivity contribution in [3.63, 3.8) is 0 Å². The Labute approximate surface area is 116 Å². The lowest BCUT2D eigenvalue weighted by Gasteiger charge is -2.42. The van der Waals surface area contributed by atoms with E-state index in [1.54, 1.807) is 0 Å². The Balaban J connectivity index is 2.35. The second kappa shape index (κ2) is 4.99. The van der Waals surface area contributed by atoms with Gasteiger partial charge in [0.15, 0.2) is 0 Å². The predicted octanol–water partition coefficient (Wildman–Crippen LogP) is 3.64. The van der Waals surface area contributed by atoms with Crippen molar-refractivity contribution in [1.82, 2.24) is 4.90 Å². The standard InChI is InChI=1S/C17H25NO/c1-12(2)15-10-13-8-6-7-9-14(13)11-18(15)16(19)17(3,4)5/h6-9,12,15H,10-11H2,1-5H3. The lowest BCUT2D eigenvalue weighted by Crippen LogP contribution is -2.50. The highest BCUT2D eigenvalue weighted by Crippen LogP contribution is 2.31. The predicted molar refractivity (Wildman–Crippen MR) is 78.8 cm³/mol. The van der Waals surface area contributed by atoms with Gasteiger partial charge in [-0.05, 0) is 23.5 Å². The van der Waals surface area contributed by atoms with Crippen LogP contribution in [0.5, 0.6) is 0 Å². The van der Waals surface area contributed by atoms with Crippen molar-refractivity contribution in [3.8, 4) is 0 Å². The van der Waals surface area contributed by atoms with Crippen LogP contribution in [-0.2, 0) is 17.8 Å². The summed E-state index contributed by atoms with van der Waals surface area (Å²) >= 11 is 0. The molecule has 2 nitrogen and oxygen atoms in total. The number of benzene rings is 1. The molecule has 1 aliphatic rings. The summed E-state index contributed by atoms with van der Waals surface area (Å²) in [7, 11) is 0. The van der Waals surface area contributed by atoms with E-state index in [-0.39, 0.29) is 11.3 Å². The van der Waals surface area contributed by atoms with Crippen LogP contribution >= 0.6 is 0 Å². The first-order valence-corrected chi connectivity index (χ1v) is 7.18. The van der Waals surface area contributed by atoms with E-state index in [9.17, 15) is 4.79 Å². The van der Waals surface area contributed by atoms with Crippen molar-refractivity contribution in [2.24, 2.45) is 11.3 Å². The zero-order chi connectivity index (χ0) is 14.2. The quantitative estimate of drug-likeness (QED) is 0.754. The number of amides is 1. The summed E-state index contributed by atoms with van der Waals surface area (Å²) in [6, 6.07) is 8.83. The molecule has 0 bridgehead atoms. The monoisotopic (exact) mass is 259 g/mol. The molecule has 0 saturated heterocycles. The summed E-state index contributed by atoms with van der Waals surface area (Å²) in [5.41, 5.74) is 2.40. The first-order chi connectivity index (χ1) is 8.80. The van der Waals surface area contributed by atoms with Gasteiger partial charge in [-0.25, -0.2) is 0 Å². The van der Waals surface area contributed by atoms with Crippen LogP contribution < -0.4 is 0 Å². The summed E-state index contributed by atoms with van der Waals surface area (Å²) in [4.78, 5) is 14.8. The summed E-state index contributed by atoms with van der Waals surface area (Å²) < 4.78 is 0. The zero-order valence-corrected chi connectivity index (χ0v) is 12.7. The molecule has 1 aromatic rings. The number of hydrogen-bond donors (Lipinski definition) is 0. The van der Waals surface area contributed by atoms with E-state index in [2.05, 4.69) is 43.0 Å². The van der Waals surface area contributed by atoms with Crippen LogP contribution in [0.4, 0.5) is 0 Å². The molecule has 0 aliphatic carbocycles. The number of rotatable bonds is 1. The maximum absolute atomic E-state index is 12.7. The molecule has 1 atom stereocenters. The fourth-order valence-electron chi connectivity index (χ4n) is 2.80. The average molecular weight is 259 g/mol. The smallest absolute Gasteiger partial charge is 0.228 e. The van der Waals surface area contributed by atoms with Crippen molar-refractivity contribution >= 4 is 5.91 Å². The minimum Gasteiger partial charge on any atom is -0.334 e. The number of fused-ring (bicyclic) bond motifs is 1. The van der Waals surface area contributed by atoms with Gasteiger partial charge in [-0.2, -0.15) is 0 Å². The fourth-order valence-corrected chi connectivity index (χ4v) is 2.80. The second-order valence-corrected chi connectivity index (χ2v) is 6.97. The van der Waals surface area contributed by atoms with Crippen molar-refractivity contribution in [1.29, 1.82) is 0 Å². The minimum absolute atomic E-state index is 0.265. The van der Waals surface area contributed by atoms with Gasteiger partial charge in [-0.1, -0.05) is 58.9 Å². The van der Waals surface area contributed by atoms with Gasteiger partial charge < -0.3 is 4.90 Å². The Morgan fingerprint density at radius 1 is 1.21 bits per heavy atom. The van der Waals surface area contributed by atoms with E-state index in [4.69, 9.17) is 0 Å².